The predicted octanol–water partition coefficient (Wildman–Crippen LogP) is 7.13. The molecule has 0 saturated carbocycles. The minimum absolute atomic E-state index is 0.000688. The molecule has 0 spiro atoms. The van der Waals surface area contributed by atoms with Gasteiger partial charge in [-0.15, -0.1) is 10.2 Å². The molecule has 0 bridgehead atoms. The Morgan fingerprint density at radius 3 is 1.57 bits per heavy atom. The Hall–Kier alpha value is -7.08. The zero-order valence-corrected chi connectivity index (χ0v) is 47.2. The van der Waals surface area contributed by atoms with Crippen molar-refractivity contribution in [2.75, 3.05) is 7.05 Å². The Kier molecular flexibility index (Phi) is 19.7. The SMILES string of the molecule is CC[C@@H](C)C(=O)N[C@H]1CCC[C@H]2CC[C@@H](C(=O)N[C@@H](c3ccccc3)c3cn(CCCCc4ccc(CCCCn5cc([C@@H](NC(=O)[C@@H]6CC[C@@H]7CCC[C@H](CC(=O)[C@H](C)NC)C(=O)N76)c6ccccc6)nn5)cc4)nn3)N2C1=O. The molecule has 10 atom stereocenters. The van der Waals surface area contributed by atoms with Crippen molar-refractivity contribution < 1.29 is 28.8 Å². The van der Waals surface area contributed by atoms with Crippen molar-refractivity contribution in [3.8, 4) is 0 Å². The predicted molar refractivity (Wildman–Crippen MR) is 303 cm³/mol. The van der Waals surface area contributed by atoms with E-state index in [1.54, 1.807) is 16.8 Å². The number of ketones is 1. The number of rotatable bonds is 25. The monoisotopic (exact) mass is 1090 g/mol. The summed E-state index contributed by atoms with van der Waals surface area (Å²) in [5, 5.41) is 30.5. The highest BCUT2D eigenvalue weighted by Crippen LogP contribution is 2.37. The number of Topliss-reactive ketones (excluding diaryl/α,β-unsaturated/α-hetero) is 1. The number of aromatic nitrogens is 6. The third-order valence-corrected chi connectivity index (χ3v) is 17.4. The molecule has 4 fully saturated rings. The van der Waals surface area contributed by atoms with E-state index in [4.69, 9.17) is 0 Å². The Balaban J connectivity index is 0.729. The van der Waals surface area contributed by atoms with Gasteiger partial charge in [0.2, 0.25) is 29.5 Å². The Morgan fingerprint density at radius 1 is 0.600 bits per heavy atom. The van der Waals surface area contributed by atoms with Crippen LogP contribution in [0.4, 0.5) is 0 Å². The molecule has 4 N–H and O–H groups in total. The van der Waals surface area contributed by atoms with E-state index < -0.39 is 36.1 Å². The number of hydrogen-bond donors (Lipinski definition) is 4. The van der Waals surface area contributed by atoms with E-state index in [1.165, 1.54) is 11.1 Å². The van der Waals surface area contributed by atoms with Gasteiger partial charge in [0.1, 0.15) is 35.3 Å². The lowest BCUT2D eigenvalue weighted by molar-refractivity contribution is -0.144. The van der Waals surface area contributed by atoms with Crippen molar-refractivity contribution >= 4 is 35.3 Å². The first kappa shape index (κ1) is 57.6. The van der Waals surface area contributed by atoms with Gasteiger partial charge in [-0.05, 0) is 139 Å². The molecule has 9 rings (SSSR count). The summed E-state index contributed by atoms with van der Waals surface area (Å²) in [6, 6.07) is 25.0. The summed E-state index contributed by atoms with van der Waals surface area (Å²) in [4.78, 5) is 85.7. The second-order valence-corrected chi connectivity index (χ2v) is 22.8. The number of aryl methyl sites for hydroxylation is 4. The molecule has 0 aliphatic carbocycles. The molecule has 0 radical (unpaired) electrons. The van der Waals surface area contributed by atoms with Gasteiger partial charge in [-0.25, -0.2) is 0 Å². The fraction of sp³-hybridized carbons (Fsp3) is 0.548. The summed E-state index contributed by atoms with van der Waals surface area (Å²) >= 11 is 0. The van der Waals surface area contributed by atoms with E-state index in [9.17, 15) is 28.8 Å². The number of hydrogen-bond acceptors (Lipinski definition) is 11. The van der Waals surface area contributed by atoms with Gasteiger partial charge in [-0.1, -0.05) is 116 Å². The van der Waals surface area contributed by atoms with Crippen LogP contribution in [-0.2, 0) is 54.7 Å². The van der Waals surface area contributed by atoms with Crippen molar-refractivity contribution in [3.05, 3.63) is 131 Å². The summed E-state index contributed by atoms with van der Waals surface area (Å²) in [6.45, 7) is 7.00. The van der Waals surface area contributed by atoms with Gasteiger partial charge in [0, 0.05) is 43.4 Å². The molecule has 0 unspecified atom stereocenters. The third kappa shape index (κ3) is 14.1. The molecule has 5 amide bonds. The molecule has 4 saturated heterocycles. The molecule has 4 aliphatic rings. The molecule has 3 aromatic carbocycles. The Bertz CT molecular complexity index is 2680. The first-order chi connectivity index (χ1) is 38.9. The van der Waals surface area contributed by atoms with Crippen LogP contribution in [0.1, 0.15) is 169 Å². The average molecular weight is 1090 g/mol. The highest BCUT2D eigenvalue weighted by Gasteiger charge is 2.47. The first-order valence-electron chi connectivity index (χ1n) is 29.6. The van der Waals surface area contributed by atoms with Gasteiger partial charge >= 0.3 is 0 Å². The summed E-state index contributed by atoms with van der Waals surface area (Å²) in [5.74, 6) is -1.40. The highest BCUT2D eigenvalue weighted by molar-refractivity contribution is 5.94. The minimum atomic E-state index is -0.631. The van der Waals surface area contributed by atoms with E-state index in [1.807, 2.05) is 103 Å². The van der Waals surface area contributed by atoms with Crippen molar-refractivity contribution in [1.29, 1.82) is 0 Å². The number of amides is 5. The van der Waals surface area contributed by atoms with Crippen LogP contribution in [0.15, 0.2) is 97.3 Å². The molecular weight excluding hydrogens is 1010 g/mol. The average Bonchev–Trinajstić information content (AvgIpc) is 4.35. The van der Waals surface area contributed by atoms with Crippen LogP contribution < -0.4 is 21.3 Å². The fourth-order valence-corrected chi connectivity index (χ4v) is 12.3. The zero-order valence-electron chi connectivity index (χ0n) is 47.2. The maximum atomic E-state index is 14.2. The molecule has 18 heteroatoms. The van der Waals surface area contributed by atoms with Crippen molar-refractivity contribution in [3.63, 3.8) is 0 Å². The van der Waals surface area contributed by atoms with E-state index in [0.717, 1.165) is 88.2 Å². The smallest absolute Gasteiger partial charge is 0.246 e. The lowest BCUT2D eigenvalue weighted by Crippen LogP contribution is -2.55. The van der Waals surface area contributed by atoms with E-state index >= 15 is 0 Å². The van der Waals surface area contributed by atoms with Crippen LogP contribution >= 0.6 is 0 Å². The Morgan fingerprint density at radius 2 is 1.09 bits per heavy atom. The summed E-state index contributed by atoms with van der Waals surface area (Å²) in [7, 11) is 1.75. The summed E-state index contributed by atoms with van der Waals surface area (Å²) < 4.78 is 3.69. The number of benzene rings is 3. The number of carbonyl (C=O) groups is 6. The van der Waals surface area contributed by atoms with Gasteiger partial charge in [0.05, 0.1) is 30.5 Å². The quantitative estimate of drug-likeness (QED) is 0.0431. The standard InChI is InChI=1S/C62H82N12O6/c1-5-41(2)58(76)64-50-27-17-26-49-33-35-54(74(49)62(50)80)60(78)66-57(46-22-10-7-11-23-46)52-40-72(70-68-52)37-15-13-19-44-30-28-43(29-31-44)18-12-14-36-71-39-51(67-69-71)56(45-20-8-6-9-21-45)65-59(77)53-34-32-48-25-16-24-47(61(79)73(48)53)38-55(75)42(3)63-4/h6-11,20-23,28-31,39-42,47-50,53-54,56-57,63H,5,12-19,24-27,32-38H2,1-4H3,(H,64,76)(H,65,77)(H,66,78)/t41-,42+,47-,48+,49+,50+,53+,54+,56+,57+/m1/s1. The highest BCUT2D eigenvalue weighted by atomic mass is 16.2. The normalized spacial score (nSPS) is 22.6. The maximum Gasteiger partial charge on any atom is 0.246 e. The number of nitrogens with zero attached hydrogens (tertiary/aromatic N) is 8. The van der Waals surface area contributed by atoms with Crippen LogP contribution in [0.5, 0.6) is 0 Å². The van der Waals surface area contributed by atoms with Crippen LogP contribution in [0.25, 0.3) is 0 Å². The van der Waals surface area contributed by atoms with Gasteiger partial charge < -0.3 is 31.1 Å². The number of fused-ring (bicyclic) bond motifs is 2. The second-order valence-electron chi connectivity index (χ2n) is 22.8. The molecule has 80 heavy (non-hydrogen) atoms. The van der Waals surface area contributed by atoms with Crippen molar-refractivity contribution in [2.24, 2.45) is 11.8 Å². The first-order valence-corrected chi connectivity index (χ1v) is 29.6. The number of unbranched alkanes of at least 4 members (excludes halogenated alkanes) is 2. The topological polar surface area (TPSA) is 218 Å². The third-order valence-electron chi connectivity index (χ3n) is 17.4. The van der Waals surface area contributed by atoms with E-state index in [-0.39, 0.29) is 65.8 Å². The van der Waals surface area contributed by atoms with Crippen LogP contribution in [0.3, 0.4) is 0 Å². The second kappa shape index (κ2) is 27.4. The lowest BCUT2D eigenvalue weighted by Gasteiger charge is -2.31. The molecule has 5 aromatic rings. The summed E-state index contributed by atoms with van der Waals surface area (Å²) in [6.07, 6.45) is 17.5. The van der Waals surface area contributed by atoms with Gasteiger partial charge in [-0.2, -0.15) is 0 Å². The number of nitrogens with one attached hydrogen (secondary N) is 4. The Labute approximate surface area is 471 Å². The van der Waals surface area contributed by atoms with Crippen molar-refractivity contribution in [1.82, 2.24) is 61.1 Å². The van der Waals surface area contributed by atoms with E-state index in [0.29, 0.717) is 56.6 Å². The number of carbonyl (C=O) groups excluding carboxylic acids is 6. The van der Waals surface area contributed by atoms with Gasteiger partial charge in [0.25, 0.3) is 0 Å². The van der Waals surface area contributed by atoms with E-state index in [2.05, 4.69) is 66.2 Å². The van der Waals surface area contributed by atoms with Crippen LogP contribution in [-0.4, -0.2) is 118 Å². The fourth-order valence-electron chi connectivity index (χ4n) is 12.3. The molecule has 6 heterocycles. The number of likely N-dealkylation sites (N-methyl/N-ethyl adjacent to an activating group) is 1. The molecule has 18 nitrogen and oxygen atoms in total. The molecule has 4 aliphatic heterocycles. The van der Waals surface area contributed by atoms with Gasteiger partial charge in [-0.3, -0.25) is 38.1 Å². The largest absolute Gasteiger partial charge is 0.344 e. The summed E-state index contributed by atoms with van der Waals surface area (Å²) in [5.41, 5.74) is 5.57. The minimum Gasteiger partial charge on any atom is -0.344 e. The maximum absolute atomic E-state index is 14.2. The van der Waals surface area contributed by atoms with Crippen molar-refractivity contribution in [2.45, 2.75) is 198 Å². The molecular formula is C62H82N12O6. The van der Waals surface area contributed by atoms with Crippen LogP contribution in [0, 0.1) is 11.8 Å². The molecule has 2 aromatic heterocycles. The van der Waals surface area contributed by atoms with Crippen LogP contribution in [0.2, 0.25) is 0 Å². The zero-order chi connectivity index (χ0) is 56.1. The molecule has 426 valence electrons. The lowest BCUT2D eigenvalue weighted by atomic mass is 9.93. The van der Waals surface area contributed by atoms with Gasteiger partial charge in [0.15, 0.2) is 0 Å².